The molecular weight excluding hydrogens is 284 g/mol. The molecule has 5 heteroatoms. The minimum absolute atomic E-state index is 0.0854. The molecule has 0 aliphatic heterocycles. The van der Waals surface area contributed by atoms with Crippen molar-refractivity contribution in [3.63, 3.8) is 0 Å². The maximum absolute atomic E-state index is 11.5. The average molecular weight is 308 g/mol. The summed E-state index contributed by atoms with van der Waals surface area (Å²) in [5.74, 6) is 0.0854. The first-order chi connectivity index (χ1) is 10.1. The fraction of sp³-hybridized carbons (Fsp3) is 0.500. The highest BCUT2D eigenvalue weighted by atomic mass is 32.2. The zero-order valence-corrected chi connectivity index (χ0v) is 13.4. The van der Waals surface area contributed by atoms with E-state index in [4.69, 9.17) is 0 Å². The van der Waals surface area contributed by atoms with E-state index in [1.54, 1.807) is 24.6 Å². The molecule has 0 saturated carbocycles. The Morgan fingerprint density at radius 2 is 1.81 bits per heavy atom. The number of anilines is 2. The Hall–Kier alpha value is -1.49. The summed E-state index contributed by atoms with van der Waals surface area (Å²) in [6.07, 6.45) is 8.56. The maximum Gasteiger partial charge on any atom is 0.232 e. The van der Waals surface area contributed by atoms with Crippen LogP contribution in [0, 0.1) is 0 Å². The third-order valence-electron chi connectivity index (χ3n) is 3.70. The van der Waals surface area contributed by atoms with Crippen LogP contribution in [0.2, 0.25) is 0 Å². The van der Waals surface area contributed by atoms with Crippen molar-refractivity contribution in [1.82, 2.24) is 0 Å². The molecule has 2 N–H and O–H groups in total. The Labute approximate surface area is 127 Å². The molecule has 0 amide bonds. The number of allylic oxidation sites excluding steroid dienone is 1. The van der Waals surface area contributed by atoms with Gasteiger partial charge in [0.15, 0.2) is 0 Å². The van der Waals surface area contributed by atoms with Crippen LogP contribution in [0.1, 0.15) is 39.0 Å². The zero-order valence-electron chi connectivity index (χ0n) is 12.6. The molecule has 0 fully saturated rings. The predicted molar refractivity (Wildman–Crippen MR) is 89.2 cm³/mol. The Balaban J connectivity index is 1.81. The molecule has 0 saturated heterocycles. The van der Waals surface area contributed by atoms with Crippen molar-refractivity contribution in [3.05, 3.63) is 35.9 Å². The van der Waals surface area contributed by atoms with Gasteiger partial charge in [-0.2, -0.15) is 0 Å². The van der Waals surface area contributed by atoms with Gasteiger partial charge in [0.25, 0.3) is 0 Å². The highest BCUT2D eigenvalue weighted by Gasteiger charge is 2.06. The molecule has 4 nitrogen and oxygen atoms in total. The highest BCUT2D eigenvalue weighted by molar-refractivity contribution is 7.92. The first kappa shape index (κ1) is 15.9. The summed E-state index contributed by atoms with van der Waals surface area (Å²) in [7, 11) is -3.19. The first-order valence-electron chi connectivity index (χ1n) is 7.61. The standard InChI is InChI=1S/C16H24N2O2S/c1-2-21(19,20)18-16-10-8-15(9-11-16)17-13-12-14-6-4-3-5-7-14/h6,8-11,17-18H,2-5,7,12-13H2,1H3. The summed E-state index contributed by atoms with van der Waals surface area (Å²) in [6, 6.07) is 7.39. The number of hydrogen-bond donors (Lipinski definition) is 2. The number of rotatable bonds is 7. The van der Waals surface area contributed by atoms with Crippen LogP contribution >= 0.6 is 0 Å². The van der Waals surface area contributed by atoms with Crippen LogP contribution in [-0.4, -0.2) is 20.7 Å². The number of benzene rings is 1. The molecule has 0 radical (unpaired) electrons. The molecular formula is C16H24N2O2S. The summed E-state index contributed by atoms with van der Waals surface area (Å²) < 4.78 is 25.5. The topological polar surface area (TPSA) is 58.2 Å². The fourth-order valence-electron chi connectivity index (χ4n) is 2.41. The molecule has 0 unspecified atom stereocenters. The number of sulfonamides is 1. The van der Waals surface area contributed by atoms with Gasteiger partial charge in [0, 0.05) is 17.9 Å². The molecule has 21 heavy (non-hydrogen) atoms. The summed E-state index contributed by atoms with van der Waals surface area (Å²) in [5.41, 5.74) is 3.18. The Morgan fingerprint density at radius 1 is 1.10 bits per heavy atom. The van der Waals surface area contributed by atoms with E-state index in [1.807, 2.05) is 12.1 Å². The molecule has 0 atom stereocenters. The van der Waals surface area contributed by atoms with Crippen LogP contribution in [0.3, 0.4) is 0 Å². The molecule has 1 aliphatic rings. The lowest BCUT2D eigenvalue weighted by atomic mass is 9.97. The van der Waals surface area contributed by atoms with Crippen LogP contribution in [0.4, 0.5) is 11.4 Å². The Morgan fingerprint density at radius 3 is 2.43 bits per heavy atom. The third-order valence-corrected chi connectivity index (χ3v) is 5.01. The largest absolute Gasteiger partial charge is 0.385 e. The SMILES string of the molecule is CCS(=O)(=O)Nc1ccc(NCCC2=CCCCC2)cc1. The zero-order chi connectivity index (χ0) is 15.1. The van der Waals surface area contributed by atoms with Gasteiger partial charge in [-0.25, -0.2) is 8.42 Å². The lowest BCUT2D eigenvalue weighted by Gasteiger charge is -2.13. The van der Waals surface area contributed by atoms with Gasteiger partial charge in [-0.1, -0.05) is 11.6 Å². The minimum Gasteiger partial charge on any atom is -0.385 e. The minimum atomic E-state index is -3.19. The second-order valence-corrected chi connectivity index (χ2v) is 7.38. The molecule has 1 aliphatic carbocycles. The van der Waals surface area contributed by atoms with Gasteiger partial charge in [-0.3, -0.25) is 4.72 Å². The van der Waals surface area contributed by atoms with Gasteiger partial charge < -0.3 is 5.32 Å². The van der Waals surface area contributed by atoms with Gasteiger partial charge in [-0.15, -0.1) is 0 Å². The molecule has 0 spiro atoms. The second kappa shape index (κ2) is 7.50. The smallest absolute Gasteiger partial charge is 0.232 e. The first-order valence-corrected chi connectivity index (χ1v) is 9.26. The van der Waals surface area contributed by atoms with E-state index < -0.39 is 10.0 Å². The van der Waals surface area contributed by atoms with E-state index in [2.05, 4.69) is 16.1 Å². The summed E-state index contributed by atoms with van der Waals surface area (Å²) >= 11 is 0. The monoisotopic (exact) mass is 308 g/mol. The van der Waals surface area contributed by atoms with Gasteiger partial charge in [-0.05, 0) is 63.3 Å². The van der Waals surface area contributed by atoms with E-state index in [0.29, 0.717) is 5.69 Å². The lowest BCUT2D eigenvalue weighted by Crippen LogP contribution is -2.14. The summed E-state index contributed by atoms with van der Waals surface area (Å²) in [5, 5.41) is 3.38. The number of hydrogen-bond acceptors (Lipinski definition) is 3. The van der Waals surface area contributed by atoms with Crippen LogP contribution in [-0.2, 0) is 10.0 Å². The van der Waals surface area contributed by atoms with E-state index >= 15 is 0 Å². The van der Waals surface area contributed by atoms with Crippen molar-refractivity contribution >= 4 is 21.4 Å². The summed E-state index contributed by atoms with van der Waals surface area (Å²) in [4.78, 5) is 0. The van der Waals surface area contributed by atoms with E-state index in [9.17, 15) is 8.42 Å². The quantitative estimate of drug-likeness (QED) is 0.754. The van der Waals surface area contributed by atoms with Gasteiger partial charge in [0.1, 0.15) is 0 Å². The maximum atomic E-state index is 11.5. The van der Waals surface area contributed by atoms with Gasteiger partial charge in [0.05, 0.1) is 5.75 Å². The molecule has 0 aromatic heterocycles. The van der Waals surface area contributed by atoms with E-state index in [0.717, 1.165) is 18.7 Å². The Kier molecular flexibility index (Phi) is 5.67. The van der Waals surface area contributed by atoms with Crippen LogP contribution < -0.4 is 10.0 Å². The van der Waals surface area contributed by atoms with Crippen molar-refractivity contribution < 1.29 is 8.42 Å². The normalized spacial score (nSPS) is 15.4. The highest BCUT2D eigenvalue weighted by Crippen LogP contribution is 2.20. The molecule has 1 aromatic rings. The van der Waals surface area contributed by atoms with Crippen LogP contribution in [0.5, 0.6) is 0 Å². The van der Waals surface area contributed by atoms with Crippen molar-refractivity contribution in [1.29, 1.82) is 0 Å². The van der Waals surface area contributed by atoms with Crippen LogP contribution in [0.25, 0.3) is 0 Å². The van der Waals surface area contributed by atoms with Crippen LogP contribution in [0.15, 0.2) is 35.9 Å². The Bertz CT molecular complexity index is 577. The predicted octanol–water partition coefficient (Wildman–Crippen LogP) is 3.75. The third kappa shape index (κ3) is 5.42. The number of nitrogens with one attached hydrogen (secondary N) is 2. The second-order valence-electron chi connectivity index (χ2n) is 5.37. The van der Waals surface area contributed by atoms with E-state index in [1.165, 1.54) is 25.7 Å². The average Bonchev–Trinajstić information content (AvgIpc) is 2.50. The van der Waals surface area contributed by atoms with Crippen molar-refractivity contribution in [2.75, 3.05) is 22.3 Å². The van der Waals surface area contributed by atoms with E-state index in [-0.39, 0.29) is 5.75 Å². The molecule has 2 rings (SSSR count). The van der Waals surface area contributed by atoms with Gasteiger partial charge >= 0.3 is 0 Å². The molecule has 1 aromatic carbocycles. The molecule has 0 bridgehead atoms. The van der Waals surface area contributed by atoms with Crippen molar-refractivity contribution in [2.24, 2.45) is 0 Å². The van der Waals surface area contributed by atoms with Crippen molar-refractivity contribution in [3.8, 4) is 0 Å². The fourth-order valence-corrected chi connectivity index (χ4v) is 3.05. The van der Waals surface area contributed by atoms with Gasteiger partial charge in [0.2, 0.25) is 10.0 Å². The lowest BCUT2D eigenvalue weighted by molar-refractivity contribution is 0.602. The summed E-state index contributed by atoms with van der Waals surface area (Å²) in [6.45, 7) is 2.55. The molecule has 0 heterocycles. The molecule has 116 valence electrons. The van der Waals surface area contributed by atoms with Crippen molar-refractivity contribution in [2.45, 2.75) is 39.0 Å².